The van der Waals surface area contributed by atoms with E-state index in [0.717, 1.165) is 6.54 Å². The molecule has 1 aliphatic heterocycles. The highest BCUT2D eigenvalue weighted by atomic mass is 79.9. The van der Waals surface area contributed by atoms with E-state index < -0.39 is 10.0 Å². The molecule has 0 radical (unpaired) electrons. The van der Waals surface area contributed by atoms with Gasteiger partial charge in [-0.05, 0) is 55.0 Å². The monoisotopic (exact) mass is 361 g/mol. The molecule has 1 heterocycles. The number of benzene rings is 1. The number of likely N-dealkylation sites (N-methyl/N-ethyl adjacent to an activating group) is 1. The fourth-order valence-corrected chi connectivity index (χ4v) is 4.10. The Morgan fingerprint density at radius 3 is 2.50 bits per heavy atom. The van der Waals surface area contributed by atoms with Gasteiger partial charge in [-0.15, -0.1) is 0 Å². The van der Waals surface area contributed by atoms with E-state index in [1.54, 1.807) is 12.1 Å². The van der Waals surface area contributed by atoms with E-state index in [1.165, 1.54) is 10.4 Å². The molecule has 1 saturated heterocycles. The summed E-state index contributed by atoms with van der Waals surface area (Å²) in [5.74, 6) is 0. The van der Waals surface area contributed by atoms with E-state index in [2.05, 4.69) is 20.8 Å². The number of anilines is 1. The predicted molar refractivity (Wildman–Crippen MR) is 84.0 cm³/mol. The summed E-state index contributed by atoms with van der Waals surface area (Å²) in [6, 6.07) is 4.76. The van der Waals surface area contributed by atoms with Crippen LogP contribution < -0.4 is 5.73 Å². The Labute approximate surface area is 128 Å². The van der Waals surface area contributed by atoms with Gasteiger partial charge in [0.15, 0.2) is 0 Å². The number of halogens is 1. The van der Waals surface area contributed by atoms with Crippen molar-refractivity contribution in [1.29, 1.82) is 0 Å². The molecule has 1 aromatic rings. The van der Waals surface area contributed by atoms with Crippen molar-refractivity contribution >= 4 is 31.6 Å². The van der Waals surface area contributed by atoms with Crippen molar-refractivity contribution in [2.75, 3.05) is 32.4 Å². The van der Waals surface area contributed by atoms with Gasteiger partial charge in [-0.25, -0.2) is 8.42 Å². The number of hydrogen-bond acceptors (Lipinski definition) is 4. The van der Waals surface area contributed by atoms with Crippen LogP contribution in [0.5, 0.6) is 0 Å². The first-order valence-corrected chi connectivity index (χ1v) is 8.64. The molecule has 0 amide bonds. The quantitative estimate of drug-likeness (QED) is 0.814. The fraction of sp³-hybridized carbons (Fsp3) is 0.538. The van der Waals surface area contributed by atoms with Crippen molar-refractivity contribution in [1.82, 2.24) is 9.21 Å². The molecule has 2 N–H and O–H groups in total. The van der Waals surface area contributed by atoms with Crippen molar-refractivity contribution < 1.29 is 8.42 Å². The van der Waals surface area contributed by atoms with Gasteiger partial charge in [-0.3, -0.25) is 4.90 Å². The van der Waals surface area contributed by atoms with Crippen LogP contribution in [0.25, 0.3) is 0 Å². The van der Waals surface area contributed by atoms with E-state index in [-0.39, 0.29) is 10.4 Å². The second-order valence-corrected chi connectivity index (χ2v) is 8.55. The second kappa shape index (κ2) is 5.29. The molecular formula is C13H20BrN3O2S. The average Bonchev–Trinajstić information content (AvgIpc) is 2.35. The number of piperazine rings is 1. The van der Waals surface area contributed by atoms with Gasteiger partial charge in [-0.1, -0.05) is 0 Å². The minimum Gasteiger partial charge on any atom is -0.398 e. The zero-order chi connectivity index (χ0) is 15.1. The van der Waals surface area contributed by atoms with Gasteiger partial charge in [0.1, 0.15) is 0 Å². The van der Waals surface area contributed by atoms with E-state index >= 15 is 0 Å². The molecule has 0 bridgehead atoms. The van der Waals surface area contributed by atoms with E-state index in [4.69, 9.17) is 5.73 Å². The Bertz CT molecular complexity index is 616. The molecule has 5 nitrogen and oxygen atoms in total. The van der Waals surface area contributed by atoms with Gasteiger partial charge in [0.05, 0.1) is 4.90 Å². The Hall–Kier alpha value is -0.630. The first kappa shape index (κ1) is 15.8. The van der Waals surface area contributed by atoms with Gasteiger partial charge in [-0.2, -0.15) is 4.31 Å². The summed E-state index contributed by atoms with van der Waals surface area (Å²) in [6.45, 7) is 5.79. The number of sulfonamides is 1. The van der Waals surface area contributed by atoms with Crippen molar-refractivity contribution in [3.05, 3.63) is 22.7 Å². The smallest absolute Gasteiger partial charge is 0.243 e. The summed E-state index contributed by atoms with van der Waals surface area (Å²) in [7, 11) is -1.47. The van der Waals surface area contributed by atoms with E-state index in [1.807, 2.05) is 20.9 Å². The lowest BCUT2D eigenvalue weighted by atomic mass is 10.0. The van der Waals surface area contributed by atoms with Crippen LogP contribution in [-0.4, -0.2) is 49.8 Å². The van der Waals surface area contributed by atoms with Crippen LogP contribution in [0.2, 0.25) is 0 Å². The SMILES string of the molecule is CN1CCN(S(=O)(=O)c2ccc(Br)c(N)c2)CC1(C)C. The average molecular weight is 362 g/mol. The molecule has 1 aliphatic rings. The Morgan fingerprint density at radius 1 is 1.30 bits per heavy atom. The summed E-state index contributed by atoms with van der Waals surface area (Å²) < 4.78 is 27.6. The summed E-state index contributed by atoms with van der Waals surface area (Å²) in [5.41, 5.74) is 6.04. The molecule has 20 heavy (non-hydrogen) atoms. The molecule has 1 fully saturated rings. The summed E-state index contributed by atoms with van der Waals surface area (Å²) >= 11 is 3.28. The third-order valence-electron chi connectivity index (χ3n) is 3.89. The molecule has 112 valence electrons. The number of rotatable bonds is 2. The Morgan fingerprint density at radius 2 is 1.95 bits per heavy atom. The van der Waals surface area contributed by atoms with Crippen LogP contribution in [0.1, 0.15) is 13.8 Å². The number of hydrogen-bond donors (Lipinski definition) is 1. The van der Waals surface area contributed by atoms with Crippen molar-refractivity contribution in [2.45, 2.75) is 24.3 Å². The number of nitrogens with two attached hydrogens (primary N) is 1. The number of nitrogen functional groups attached to an aromatic ring is 1. The standard InChI is InChI=1S/C13H20BrN3O2S/c1-13(2)9-17(7-6-16(13)3)20(18,19)10-4-5-11(14)12(15)8-10/h4-5,8H,6-7,9,15H2,1-3H3. The van der Waals surface area contributed by atoms with Crippen molar-refractivity contribution in [3.8, 4) is 0 Å². The summed E-state index contributed by atoms with van der Waals surface area (Å²) in [6.07, 6.45) is 0. The maximum Gasteiger partial charge on any atom is 0.243 e. The molecule has 0 spiro atoms. The van der Waals surface area contributed by atoms with Gasteiger partial charge < -0.3 is 5.73 Å². The molecule has 1 aromatic carbocycles. The molecular weight excluding hydrogens is 342 g/mol. The third-order valence-corrected chi connectivity index (χ3v) is 6.45. The third kappa shape index (κ3) is 2.86. The van der Waals surface area contributed by atoms with Crippen LogP contribution in [0.15, 0.2) is 27.6 Å². The molecule has 7 heteroatoms. The normalized spacial score (nSPS) is 21.0. The first-order chi connectivity index (χ1) is 9.14. The maximum atomic E-state index is 12.7. The molecule has 2 rings (SSSR count). The molecule has 0 aromatic heterocycles. The van der Waals surface area contributed by atoms with Crippen LogP contribution in [-0.2, 0) is 10.0 Å². The lowest BCUT2D eigenvalue weighted by Gasteiger charge is -2.44. The predicted octanol–water partition coefficient (Wildman–Crippen LogP) is 1.75. The fourth-order valence-electron chi connectivity index (χ4n) is 2.23. The van der Waals surface area contributed by atoms with E-state index in [9.17, 15) is 8.42 Å². The van der Waals surface area contributed by atoms with Crippen LogP contribution >= 0.6 is 15.9 Å². The second-order valence-electron chi connectivity index (χ2n) is 5.76. The molecule has 0 unspecified atom stereocenters. The zero-order valence-corrected chi connectivity index (χ0v) is 14.3. The molecule has 0 saturated carbocycles. The first-order valence-electron chi connectivity index (χ1n) is 6.41. The van der Waals surface area contributed by atoms with Crippen LogP contribution in [0.4, 0.5) is 5.69 Å². The van der Waals surface area contributed by atoms with Crippen LogP contribution in [0, 0.1) is 0 Å². The highest BCUT2D eigenvalue weighted by molar-refractivity contribution is 9.10. The lowest BCUT2D eigenvalue weighted by molar-refractivity contribution is 0.0801. The van der Waals surface area contributed by atoms with Gasteiger partial charge in [0.2, 0.25) is 10.0 Å². The maximum absolute atomic E-state index is 12.7. The minimum atomic E-state index is -3.49. The number of nitrogens with zero attached hydrogens (tertiary/aromatic N) is 2. The molecule has 0 aliphatic carbocycles. The largest absolute Gasteiger partial charge is 0.398 e. The van der Waals surface area contributed by atoms with Crippen molar-refractivity contribution in [3.63, 3.8) is 0 Å². The topological polar surface area (TPSA) is 66.6 Å². The highest BCUT2D eigenvalue weighted by Gasteiger charge is 2.37. The van der Waals surface area contributed by atoms with Crippen LogP contribution in [0.3, 0.4) is 0 Å². The van der Waals surface area contributed by atoms with E-state index in [0.29, 0.717) is 23.2 Å². The Kier molecular flexibility index (Phi) is 4.17. The minimum absolute atomic E-state index is 0.174. The van der Waals surface area contributed by atoms with Crippen molar-refractivity contribution in [2.24, 2.45) is 0 Å². The summed E-state index contributed by atoms with van der Waals surface area (Å²) in [4.78, 5) is 2.42. The molecule has 0 atom stereocenters. The lowest BCUT2D eigenvalue weighted by Crippen LogP contribution is -2.58. The summed E-state index contributed by atoms with van der Waals surface area (Å²) in [5, 5.41) is 0. The van der Waals surface area contributed by atoms with Gasteiger partial charge in [0.25, 0.3) is 0 Å². The van der Waals surface area contributed by atoms with Gasteiger partial charge >= 0.3 is 0 Å². The zero-order valence-electron chi connectivity index (χ0n) is 11.9. The highest BCUT2D eigenvalue weighted by Crippen LogP contribution is 2.28. The van der Waals surface area contributed by atoms with Gasteiger partial charge in [0, 0.05) is 35.3 Å². The Balaban J connectivity index is 2.33.